The highest BCUT2D eigenvalue weighted by molar-refractivity contribution is 7.89. The van der Waals surface area contributed by atoms with Crippen molar-refractivity contribution in [1.29, 1.82) is 0 Å². The molecule has 0 aromatic carbocycles. The standard InChI is InChI=1S/C9H16N4O2S/c1-6-9(5-11-12-6)16(14,15)13-8-4-2-3-7(8)10/h5,7-8,13H,2-4,10H2,1H3,(H,11,12). The van der Waals surface area contributed by atoms with Gasteiger partial charge in [0.05, 0.1) is 11.9 Å². The van der Waals surface area contributed by atoms with Crippen molar-refractivity contribution in [3.8, 4) is 0 Å². The van der Waals surface area contributed by atoms with Crippen molar-refractivity contribution >= 4 is 10.0 Å². The Morgan fingerprint density at radius 2 is 2.31 bits per heavy atom. The van der Waals surface area contributed by atoms with Gasteiger partial charge in [0, 0.05) is 12.1 Å². The van der Waals surface area contributed by atoms with Gasteiger partial charge in [-0.2, -0.15) is 5.10 Å². The van der Waals surface area contributed by atoms with E-state index >= 15 is 0 Å². The summed E-state index contributed by atoms with van der Waals surface area (Å²) in [4.78, 5) is 0.201. The lowest BCUT2D eigenvalue weighted by Gasteiger charge is -2.16. The van der Waals surface area contributed by atoms with E-state index < -0.39 is 10.0 Å². The van der Waals surface area contributed by atoms with E-state index in [1.54, 1.807) is 6.92 Å². The van der Waals surface area contributed by atoms with Crippen molar-refractivity contribution in [2.45, 2.75) is 43.2 Å². The first kappa shape index (κ1) is 11.6. The van der Waals surface area contributed by atoms with Gasteiger partial charge in [0.1, 0.15) is 4.90 Å². The van der Waals surface area contributed by atoms with Crippen LogP contribution in [0.4, 0.5) is 0 Å². The van der Waals surface area contributed by atoms with E-state index in [0.717, 1.165) is 19.3 Å². The van der Waals surface area contributed by atoms with Gasteiger partial charge >= 0.3 is 0 Å². The third-order valence-corrected chi connectivity index (χ3v) is 4.55. The Balaban J connectivity index is 2.18. The van der Waals surface area contributed by atoms with E-state index in [1.807, 2.05) is 0 Å². The molecule has 1 aliphatic rings. The third kappa shape index (κ3) is 2.11. The summed E-state index contributed by atoms with van der Waals surface area (Å²) in [6.07, 6.45) is 3.96. The fraction of sp³-hybridized carbons (Fsp3) is 0.667. The lowest BCUT2D eigenvalue weighted by Crippen LogP contribution is -2.43. The summed E-state index contributed by atoms with van der Waals surface area (Å²) >= 11 is 0. The van der Waals surface area contributed by atoms with Crippen molar-refractivity contribution in [3.63, 3.8) is 0 Å². The number of aromatic amines is 1. The highest BCUT2D eigenvalue weighted by atomic mass is 32.2. The van der Waals surface area contributed by atoms with Crippen LogP contribution in [0.3, 0.4) is 0 Å². The fourth-order valence-corrected chi connectivity index (χ4v) is 3.47. The van der Waals surface area contributed by atoms with Gasteiger partial charge in [-0.3, -0.25) is 5.10 Å². The van der Waals surface area contributed by atoms with Crippen LogP contribution in [0.1, 0.15) is 25.0 Å². The highest BCUT2D eigenvalue weighted by Gasteiger charge is 2.29. The van der Waals surface area contributed by atoms with E-state index in [2.05, 4.69) is 14.9 Å². The van der Waals surface area contributed by atoms with Gasteiger partial charge in [-0.25, -0.2) is 13.1 Å². The molecule has 1 aromatic heterocycles. The van der Waals surface area contributed by atoms with Crippen molar-refractivity contribution in [1.82, 2.24) is 14.9 Å². The number of sulfonamides is 1. The van der Waals surface area contributed by atoms with Crippen molar-refractivity contribution in [2.24, 2.45) is 5.73 Å². The summed E-state index contributed by atoms with van der Waals surface area (Å²) in [6.45, 7) is 1.68. The summed E-state index contributed by atoms with van der Waals surface area (Å²) in [5, 5.41) is 6.32. The van der Waals surface area contributed by atoms with E-state index in [0.29, 0.717) is 5.69 Å². The van der Waals surface area contributed by atoms with Crippen LogP contribution in [-0.4, -0.2) is 30.7 Å². The van der Waals surface area contributed by atoms with Crippen LogP contribution in [0.2, 0.25) is 0 Å². The van der Waals surface area contributed by atoms with Crippen LogP contribution in [0.25, 0.3) is 0 Å². The first-order valence-corrected chi connectivity index (χ1v) is 6.77. The Hall–Kier alpha value is -0.920. The zero-order chi connectivity index (χ0) is 11.8. The molecule has 0 spiro atoms. The molecule has 1 aliphatic carbocycles. The molecule has 2 unspecified atom stereocenters. The lowest BCUT2D eigenvalue weighted by molar-refractivity contribution is 0.522. The minimum Gasteiger partial charge on any atom is -0.326 e. The second-order valence-electron chi connectivity index (χ2n) is 4.18. The van der Waals surface area contributed by atoms with Crippen molar-refractivity contribution in [2.75, 3.05) is 0 Å². The van der Waals surface area contributed by atoms with Crippen LogP contribution >= 0.6 is 0 Å². The Labute approximate surface area is 94.7 Å². The fourth-order valence-electron chi connectivity index (χ4n) is 2.01. The second-order valence-corrected chi connectivity index (χ2v) is 5.86. The third-order valence-electron chi connectivity index (χ3n) is 2.95. The smallest absolute Gasteiger partial charge is 0.244 e. The predicted octanol–water partition coefficient (Wildman–Crippen LogP) is -0.124. The maximum absolute atomic E-state index is 12.0. The van der Waals surface area contributed by atoms with Gasteiger partial charge in [0.25, 0.3) is 0 Å². The van der Waals surface area contributed by atoms with Crippen LogP contribution in [-0.2, 0) is 10.0 Å². The maximum Gasteiger partial charge on any atom is 0.244 e. The van der Waals surface area contributed by atoms with Crippen molar-refractivity contribution < 1.29 is 8.42 Å². The molecule has 6 nitrogen and oxygen atoms in total. The molecule has 0 radical (unpaired) electrons. The Morgan fingerprint density at radius 1 is 1.56 bits per heavy atom. The van der Waals surface area contributed by atoms with E-state index in [9.17, 15) is 8.42 Å². The number of nitrogens with zero attached hydrogens (tertiary/aromatic N) is 1. The van der Waals surface area contributed by atoms with E-state index in [1.165, 1.54) is 6.20 Å². The number of nitrogens with two attached hydrogens (primary N) is 1. The van der Waals surface area contributed by atoms with Gasteiger partial charge in [-0.15, -0.1) is 0 Å². The van der Waals surface area contributed by atoms with Gasteiger partial charge in [-0.05, 0) is 19.8 Å². The molecule has 1 saturated carbocycles. The predicted molar refractivity (Wildman–Crippen MR) is 59.3 cm³/mol. The Bertz CT molecular complexity index is 468. The van der Waals surface area contributed by atoms with Gasteiger partial charge in [0.2, 0.25) is 10.0 Å². The summed E-state index contributed by atoms with van der Waals surface area (Å²) in [5.74, 6) is 0. The quantitative estimate of drug-likeness (QED) is 0.689. The zero-order valence-corrected chi connectivity index (χ0v) is 9.92. The van der Waals surface area contributed by atoms with Gasteiger partial charge in [0.15, 0.2) is 0 Å². The molecule has 16 heavy (non-hydrogen) atoms. The number of aryl methyl sites for hydroxylation is 1. The number of rotatable bonds is 3. The molecule has 1 fully saturated rings. The van der Waals surface area contributed by atoms with E-state index in [4.69, 9.17) is 5.73 Å². The van der Waals surface area contributed by atoms with Gasteiger partial charge < -0.3 is 5.73 Å². The number of H-pyrrole nitrogens is 1. The highest BCUT2D eigenvalue weighted by Crippen LogP contribution is 2.20. The monoisotopic (exact) mass is 244 g/mol. The SMILES string of the molecule is Cc1[nH]ncc1S(=O)(=O)NC1CCCC1N. The summed E-state index contributed by atoms with van der Waals surface area (Å²) in [7, 11) is -3.49. The van der Waals surface area contributed by atoms with Crippen LogP contribution < -0.4 is 10.5 Å². The minimum atomic E-state index is -3.49. The molecule has 4 N–H and O–H groups in total. The summed E-state index contributed by atoms with van der Waals surface area (Å²) < 4.78 is 26.6. The van der Waals surface area contributed by atoms with Crippen molar-refractivity contribution in [3.05, 3.63) is 11.9 Å². The molecule has 2 atom stereocenters. The van der Waals surface area contributed by atoms with Crippen LogP contribution in [0, 0.1) is 6.92 Å². The molecular weight excluding hydrogens is 228 g/mol. The Morgan fingerprint density at radius 3 is 2.81 bits per heavy atom. The number of nitrogens with one attached hydrogen (secondary N) is 2. The maximum atomic E-state index is 12.0. The largest absolute Gasteiger partial charge is 0.326 e. The average molecular weight is 244 g/mol. The molecule has 0 saturated heterocycles. The zero-order valence-electron chi connectivity index (χ0n) is 9.10. The van der Waals surface area contributed by atoms with E-state index in [-0.39, 0.29) is 17.0 Å². The normalized spacial score (nSPS) is 26.1. The number of aromatic nitrogens is 2. The van der Waals surface area contributed by atoms with Crippen LogP contribution in [0.15, 0.2) is 11.1 Å². The molecule has 1 aromatic rings. The topological polar surface area (TPSA) is 101 Å². The summed E-state index contributed by atoms with van der Waals surface area (Å²) in [5.41, 5.74) is 6.37. The first-order chi connectivity index (χ1) is 7.50. The van der Waals surface area contributed by atoms with Gasteiger partial charge in [-0.1, -0.05) is 6.42 Å². The molecule has 0 aliphatic heterocycles. The minimum absolute atomic E-state index is 0.0815. The number of hydrogen-bond acceptors (Lipinski definition) is 4. The molecule has 2 rings (SSSR count). The molecule has 0 amide bonds. The summed E-state index contributed by atoms with van der Waals surface area (Å²) in [6, 6.07) is -0.235. The average Bonchev–Trinajstić information content (AvgIpc) is 2.76. The Kier molecular flexibility index (Phi) is 3.00. The van der Waals surface area contributed by atoms with Crippen LogP contribution in [0.5, 0.6) is 0 Å². The number of hydrogen-bond donors (Lipinski definition) is 3. The molecule has 90 valence electrons. The molecule has 1 heterocycles. The first-order valence-electron chi connectivity index (χ1n) is 5.28. The lowest BCUT2D eigenvalue weighted by atomic mass is 10.2. The molecule has 7 heteroatoms. The second kappa shape index (κ2) is 4.15. The molecular formula is C9H16N4O2S. The molecule has 0 bridgehead atoms.